The van der Waals surface area contributed by atoms with Gasteiger partial charge in [0.25, 0.3) is 0 Å². The molecule has 0 radical (unpaired) electrons. The van der Waals surface area contributed by atoms with Crippen LogP contribution in [0.2, 0.25) is 0 Å². The molecule has 0 saturated carbocycles. The second-order valence-corrected chi connectivity index (χ2v) is 7.39. The predicted molar refractivity (Wildman–Crippen MR) is 105 cm³/mol. The minimum Gasteiger partial charge on any atom is -0.331 e. The van der Waals surface area contributed by atoms with E-state index in [1.807, 2.05) is 10.3 Å². The minimum absolute atomic E-state index is 0.105. The lowest BCUT2D eigenvalue weighted by Gasteiger charge is -2.24. The summed E-state index contributed by atoms with van der Waals surface area (Å²) < 4.78 is 1.69. The van der Waals surface area contributed by atoms with Crippen molar-refractivity contribution in [2.45, 2.75) is 18.9 Å². The molecule has 1 saturated heterocycles. The molecule has 0 unspecified atom stereocenters. The highest BCUT2D eigenvalue weighted by Crippen LogP contribution is 2.33. The molecule has 1 fully saturated rings. The van der Waals surface area contributed by atoms with E-state index >= 15 is 0 Å². The third-order valence-electron chi connectivity index (χ3n) is 4.86. The van der Waals surface area contributed by atoms with E-state index in [1.54, 1.807) is 59.6 Å². The van der Waals surface area contributed by atoms with Crippen molar-refractivity contribution >= 4 is 28.8 Å². The van der Waals surface area contributed by atoms with Crippen LogP contribution in [0.4, 0.5) is 10.5 Å². The number of carbonyl (C=O) groups is 2. The number of anilines is 1. The molecule has 3 aromatic rings. The number of hydrogen-bond acceptors (Lipinski definition) is 4. The van der Waals surface area contributed by atoms with Gasteiger partial charge in [-0.15, -0.1) is 0 Å². The molecule has 1 N–H and O–H groups in total. The zero-order valence-corrected chi connectivity index (χ0v) is 15.8. The second kappa shape index (κ2) is 7.36. The number of aryl methyl sites for hydroxylation is 1. The van der Waals surface area contributed by atoms with Gasteiger partial charge in [0.2, 0.25) is 5.78 Å². The number of nitrogens with one attached hydrogen (secondary N) is 1. The van der Waals surface area contributed by atoms with Crippen LogP contribution in [-0.2, 0) is 7.05 Å². The fraction of sp³-hybridized carbons (Fsp3) is 0.250. The predicted octanol–water partition coefficient (Wildman–Crippen LogP) is 4.08. The van der Waals surface area contributed by atoms with E-state index in [9.17, 15) is 9.59 Å². The van der Waals surface area contributed by atoms with Crippen LogP contribution in [0.15, 0.2) is 53.5 Å². The molecule has 0 aliphatic carbocycles. The van der Waals surface area contributed by atoms with Crippen molar-refractivity contribution < 1.29 is 9.59 Å². The Morgan fingerprint density at radius 3 is 2.70 bits per heavy atom. The summed E-state index contributed by atoms with van der Waals surface area (Å²) in [4.78, 5) is 31.1. The van der Waals surface area contributed by atoms with Crippen molar-refractivity contribution in [1.29, 1.82) is 0 Å². The number of aromatic nitrogens is 2. The highest BCUT2D eigenvalue weighted by Gasteiger charge is 2.30. The fourth-order valence-electron chi connectivity index (χ4n) is 3.43. The molecular formula is C20H20N4O2S. The van der Waals surface area contributed by atoms with E-state index in [4.69, 9.17) is 0 Å². The number of likely N-dealkylation sites (tertiary alicyclic amines) is 1. The van der Waals surface area contributed by atoms with Gasteiger partial charge >= 0.3 is 6.03 Å². The van der Waals surface area contributed by atoms with Gasteiger partial charge in [0.15, 0.2) is 5.82 Å². The van der Waals surface area contributed by atoms with Gasteiger partial charge in [-0.05, 0) is 59.5 Å². The Morgan fingerprint density at radius 1 is 1.22 bits per heavy atom. The largest absolute Gasteiger partial charge is 0.331 e. The van der Waals surface area contributed by atoms with Crippen LogP contribution >= 0.6 is 11.3 Å². The number of nitrogens with zero attached hydrogens (tertiary/aromatic N) is 3. The highest BCUT2D eigenvalue weighted by atomic mass is 32.1. The fourth-order valence-corrected chi connectivity index (χ4v) is 4.14. The molecule has 3 heterocycles. The van der Waals surface area contributed by atoms with E-state index in [0.717, 1.165) is 19.4 Å². The number of ketones is 1. The maximum absolute atomic E-state index is 12.7. The first kappa shape index (κ1) is 17.5. The average molecular weight is 380 g/mol. The van der Waals surface area contributed by atoms with Crippen molar-refractivity contribution in [1.82, 2.24) is 14.5 Å². The number of amides is 2. The molecule has 4 rings (SSSR count). The third kappa shape index (κ3) is 3.50. The Labute approximate surface area is 161 Å². The Balaban J connectivity index is 1.44. The van der Waals surface area contributed by atoms with E-state index in [-0.39, 0.29) is 17.9 Å². The lowest BCUT2D eigenvalue weighted by atomic mass is 10.1. The van der Waals surface area contributed by atoms with Gasteiger partial charge in [-0.25, -0.2) is 9.78 Å². The van der Waals surface area contributed by atoms with Crippen LogP contribution in [0.1, 0.15) is 40.6 Å². The molecule has 27 heavy (non-hydrogen) atoms. The number of carbonyl (C=O) groups excluding carboxylic acids is 2. The maximum atomic E-state index is 12.7. The van der Waals surface area contributed by atoms with E-state index in [1.165, 1.54) is 5.56 Å². The lowest BCUT2D eigenvalue weighted by molar-refractivity contribution is 0.102. The normalized spacial score (nSPS) is 16.5. The number of urea groups is 1. The van der Waals surface area contributed by atoms with E-state index in [0.29, 0.717) is 17.1 Å². The quantitative estimate of drug-likeness (QED) is 0.694. The van der Waals surface area contributed by atoms with Crippen molar-refractivity contribution in [2.75, 3.05) is 11.9 Å². The molecule has 7 heteroatoms. The summed E-state index contributed by atoms with van der Waals surface area (Å²) in [6.07, 6.45) is 5.33. The summed E-state index contributed by atoms with van der Waals surface area (Å²) in [7, 11) is 1.79. The molecule has 6 nitrogen and oxygen atoms in total. The molecule has 1 atom stereocenters. The SMILES string of the molecule is Cn1ccnc1C(=O)c1ccc(NC(=O)N2CCC[C@@H]2c2ccsc2)cc1. The van der Waals surface area contributed by atoms with E-state index in [2.05, 4.69) is 21.7 Å². The maximum Gasteiger partial charge on any atom is 0.322 e. The Kier molecular flexibility index (Phi) is 4.77. The zero-order valence-electron chi connectivity index (χ0n) is 15.0. The van der Waals surface area contributed by atoms with Crippen LogP contribution in [0, 0.1) is 0 Å². The number of benzene rings is 1. The molecular weight excluding hydrogens is 360 g/mol. The first-order valence-electron chi connectivity index (χ1n) is 8.85. The van der Waals surface area contributed by atoms with Gasteiger partial charge in [-0.3, -0.25) is 4.79 Å². The van der Waals surface area contributed by atoms with Crippen LogP contribution in [0.5, 0.6) is 0 Å². The Morgan fingerprint density at radius 2 is 2.04 bits per heavy atom. The van der Waals surface area contributed by atoms with Gasteiger partial charge in [-0.1, -0.05) is 0 Å². The first-order valence-corrected chi connectivity index (χ1v) is 9.79. The second-order valence-electron chi connectivity index (χ2n) is 6.61. The van der Waals surface area contributed by atoms with Crippen LogP contribution < -0.4 is 5.32 Å². The summed E-state index contributed by atoms with van der Waals surface area (Å²) in [6, 6.07) is 9.05. The number of imidazole rings is 1. The summed E-state index contributed by atoms with van der Waals surface area (Å²) in [6.45, 7) is 0.752. The van der Waals surface area contributed by atoms with Gasteiger partial charge in [0, 0.05) is 37.2 Å². The molecule has 0 spiro atoms. The minimum atomic E-state index is -0.141. The first-order chi connectivity index (χ1) is 13.1. The zero-order chi connectivity index (χ0) is 18.8. The molecule has 0 bridgehead atoms. The summed E-state index contributed by atoms with van der Waals surface area (Å²) >= 11 is 1.65. The highest BCUT2D eigenvalue weighted by molar-refractivity contribution is 7.08. The Bertz CT molecular complexity index is 947. The van der Waals surface area contributed by atoms with Crippen LogP contribution in [-0.4, -0.2) is 32.8 Å². The smallest absolute Gasteiger partial charge is 0.322 e. The molecule has 138 valence electrons. The molecule has 2 aromatic heterocycles. The van der Waals surface area contributed by atoms with Crippen molar-refractivity contribution in [2.24, 2.45) is 7.05 Å². The third-order valence-corrected chi connectivity index (χ3v) is 5.57. The number of rotatable bonds is 4. The molecule has 1 aliphatic rings. The topological polar surface area (TPSA) is 67.2 Å². The Hall–Kier alpha value is -2.93. The lowest BCUT2D eigenvalue weighted by Crippen LogP contribution is -2.34. The summed E-state index contributed by atoms with van der Waals surface area (Å²) in [5, 5.41) is 7.09. The van der Waals surface area contributed by atoms with Gasteiger partial charge in [-0.2, -0.15) is 11.3 Å². The van der Waals surface area contributed by atoms with Gasteiger partial charge < -0.3 is 14.8 Å². The number of thiophene rings is 1. The van der Waals surface area contributed by atoms with Crippen molar-refractivity contribution in [3.63, 3.8) is 0 Å². The standard InChI is InChI=1S/C20H20N4O2S/c1-23-11-9-21-19(23)18(25)14-4-6-16(7-5-14)22-20(26)24-10-2-3-17(24)15-8-12-27-13-15/h4-9,11-13,17H,2-3,10H2,1H3,(H,22,26)/t17-/m1/s1. The van der Waals surface area contributed by atoms with E-state index < -0.39 is 0 Å². The van der Waals surface area contributed by atoms with Crippen molar-refractivity contribution in [3.8, 4) is 0 Å². The average Bonchev–Trinajstić information content (AvgIpc) is 3.42. The van der Waals surface area contributed by atoms with Gasteiger partial charge in [0.05, 0.1) is 6.04 Å². The molecule has 1 aromatic carbocycles. The van der Waals surface area contributed by atoms with Crippen LogP contribution in [0.3, 0.4) is 0 Å². The number of hydrogen-bond donors (Lipinski definition) is 1. The summed E-state index contributed by atoms with van der Waals surface area (Å²) in [5.74, 6) is 0.250. The molecule has 1 aliphatic heterocycles. The van der Waals surface area contributed by atoms with Crippen molar-refractivity contribution in [3.05, 3.63) is 70.4 Å². The molecule has 2 amide bonds. The van der Waals surface area contributed by atoms with Gasteiger partial charge in [0.1, 0.15) is 0 Å². The van der Waals surface area contributed by atoms with Crippen LogP contribution in [0.25, 0.3) is 0 Å². The monoisotopic (exact) mass is 380 g/mol. The summed E-state index contributed by atoms with van der Waals surface area (Å²) in [5.41, 5.74) is 2.41.